The third-order valence-electron chi connectivity index (χ3n) is 3.14. The molecule has 0 radical (unpaired) electrons. The summed E-state index contributed by atoms with van der Waals surface area (Å²) < 4.78 is 5.45. The van der Waals surface area contributed by atoms with Gasteiger partial charge in [-0.25, -0.2) is 0 Å². The second-order valence-electron chi connectivity index (χ2n) is 4.63. The van der Waals surface area contributed by atoms with Gasteiger partial charge in [0.25, 0.3) is 0 Å². The van der Waals surface area contributed by atoms with Crippen LogP contribution in [0.4, 0.5) is 0 Å². The van der Waals surface area contributed by atoms with E-state index in [1.54, 1.807) is 0 Å². The number of azide groups is 1. The van der Waals surface area contributed by atoms with Crippen molar-refractivity contribution < 1.29 is 9.53 Å². The molecule has 0 unspecified atom stereocenters. The van der Waals surface area contributed by atoms with Crippen molar-refractivity contribution in [2.24, 2.45) is 11.0 Å². The molecule has 0 aromatic heterocycles. The summed E-state index contributed by atoms with van der Waals surface area (Å²) in [5, 5.41) is 6.33. The van der Waals surface area contributed by atoms with Gasteiger partial charge in [0, 0.05) is 31.0 Å². The van der Waals surface area contributed by atoms with Crippen molar-refractivity contribution >= 4 is 5.91 Å². The highest BCUT2D eigenvalue weighted by atomic mass is 16.5. The second kappa shape index (κ2) is 8.78. The summed E-state index contributed by atoms with van der Waals surface area (Å²) in [4.78, 5) is 14.2. The third kappa shape index (κ3) is 5.89. The van der Waals surface area contributed by atoms with E-state index in [0.29, 0.717) is 31.5 Å². The predicted octanol–water partition coefficient (Wildman–Crippen LogP) is 2.40. The Labute approximate surface area is 108 Å². The molecule has 0 aliphatic heterocycles. The molecule has 0 saturated heterocycles. The summed E-state index contributed by atoms with van der Waals surface area (Å²) >= 11 is 0. The smallest absolute Gasteiger partial charge is 0.220 e. The molecule has 0 heterocycles. The molecule has 0 atom stereocenters. The fourth-order valence-corrected chi connectivity index (χ4v) is 2.13. The average Bonchev–Trinajstić information content (AvgIpc) is 2.31. The maximum Gasteiger partial charge on any atom is 0.220 e. The van der Waals surface area contributed by atoms with Crippen LogP contribution in [0.25, 0.3) is 10.4 Å². The topological polar surface area (TPSA) is 87.1 Å². The van der Waals surface area contributed by atoms with Gasteiger partial charge in [-0.2, -0.15) is 0 Å². The third-order valence-corrected chi connectivity index (χ3v) is 3.14. The Morgan fingerprint density at radius 2 is 2.28 bits per heavy atom. The normalized spacial score (nSPS) is 21.8. The number of ether oxygens (including phenoxy) is 1. The average molecular weight is 254 g/mol. The minimum atomic E-state index is 0.124. The quantitative estimate of drug-likeness (QED) is 0.296. The molecule has 1 N–H and O–H groups in total. The maximum atomic E-state index is 11.6. The molecule has 102 valence electrons. The molecule has 1 amide bonds. The van der Waals surface area contributed by atoms with Crippen LogP contribution in [-0.4, -0.2) is 31.7 Å². The number of amides is 1. The van der Waals surface area contributed by atoms with Crippen LogP contribution in [0.1, 0.15) is 39.0 Å². The standard InChI is InChI=1S/C12H22N4O2/c1-2-18-11-7-10(8-11)9-12(17)14-5-3-4-6-15-16-13/h10-11H,2-9H2,1H3,(H,14,17). The van der Waals surface area contributed by atoms with E-state index in [1.165, 1.54) is 0 Å². The number of unbranched alkanes of at least 4 members (excludes halogenated alkanes) is 1. The van der Waals surface area contributed by atoms with Crippen molar-refractivity contribution in [1.29, 1.82) is 0 Å². The monoisotopic (exact) mass is 254 g/mol. The molecule has 1 saturated carbocycles. The molecule has 6 nitrogen and oxygen atoms in total. The summed E-state index contributed by atoms with van der Waals surface area (Å²) in [7, 11) is 0. The second-order valence-corrected chi connectivity index (χ2v) is 4.63. The maximum absolute atomic E-state index is 11.6. The highest BCUT2D eigenvalue weighted by Gasteiger charge is 2.30. The van der Waals surface area contributed by atoms with Gasteiger partial charge in [0.1, 0.15) is 0 Å². The number of carbonyl (C=O) groups excluding carboxylic acids is 1. The summed E-state index contributed by atoms with van der Waals surface area (Å²) in [6.07, 6.45) is 4.68. The summed E-state index contributed by atoms with van der Waals surface area (Å²) in [5.41, 5.74) is 8.08. The van der Waals surface area contributed by atoms with Crippen molar-refractivity contribution in [1.82, 2.24) is 5.32 Å². The van der Waals surface area contributed by atoms with E-state index in [1.807, 2.05) is 6.92 Å². The Morgan fingerprint density at radius 1 is 1.50 bits per heavy atom. The zero-order valence-electron chi connectivity index (χ0n) is 11.0. The van der Waals surface area contributed by atoms with Crippen LogP contribution in [0.15, 0.2) is 5.11 Å². The Bertz CT molecular complexity index is 296. The van der Waals surface area contributed by atoms with E-state index in [-0.39, 0.29) is 5.91 Å². The van der Waals surface area contributed by atoms with Gasteiger partial charge >= 0.3 is 0 Å². The number of hydrogen-bond donors (Lipinski definition) is 1. The first-order valence-corrected chi connectivity index (χ1v) is 6.65. The van der Waals surface area contributed by atoms with Crippen LogP contribution in [0.5, 0.6) is 0 Å². The fraction of sp³-hybridized carbons (Fsp3) is 0.917. The molecule has 6 heteroatoms. The Hall–Kier alpha value is -1.26. The van der Waals surface area contributed by atoms with Gasteiger partial charge in [-0.05, 0) is 44.1 Å². The fourth-order valence-electron chi connectivity index (χ4n) is 2.13. The number of rotatable bonds is 9. The van der Waals surface area contributed by atoms with Gasteiger partial charge < -0.3 is 10.1 Å². The highest BCUT2D eigenvalue weighted by Crippen LogP contribution is 2.32. The molecule has 18 heavy (non-hydrogen) atoms. The predicted molar refractivity (Wildman–Crippen MR) is 69.0 cm³/mol. The van der Waals surface area contributed by atoms with E-state index < -0.39 is 0 Å². The Balaban J connectivity index is 1.93. The van der Waals surface area contributed by atoms with Crippen molar-refractivity contribution in [3.05, 3.63) is 10.4 Å². The van der Waals surface area contributed by atoms with E-state index in [0.717, 1.165) is 32.3 Å². The summed E-state index contributed by atoms with van der Waals surface area (Å²) in [5.74, 6) is 0.614. The number of carbonyl (C=O) groups is 1. The lowest BCUT2D eigenvalue weighted by atomic mass is 9.80. The van der Waals surface area contributed by atoms with E-state index >= 15 is 0 Å². The van der Waals surface area contributed by atoms with Gasteiger partial charge in [0.2, 0.25) is 5.91 Å². The molecule has 1 aliphatic rings. The van der Waals surface area contributed by atoms with E-state index in [9.17, 15) is 4.79 Å². The molecule has 0 spiro atoms. The van der Waals surface area contributed by atoms with Gasteiger partial charge in [0.15, 0.2) is 0 Å². The summed E-state index contributed by atoms with van der Waals surface area (Å²) in [6, 6.07) is 0. The van der Waals surface area contributed by atoms with Crippen molar-refractivity contribution in [3.8, 4) is 0 Å². The Kier molecular flexibility index (Phi) is 7.22. The largest absolute Gasteiger partial charge is 0.378 e. The molecular formula is C12H22N4O2. The lowest BCUT2D eigenvalue weighted by Gasteiger charge is -2.34. The van der Waals surface area contributed by atoms with Gasteiger partial charge in [-0.15, -0.1) is 0 Å². The van der Waals surface area contributed by atoms with Gasteiger partial charge in [0.05, 0.1) is 6.10 Å². The van der Waals surface area contributed by atoms with Crippen LogP contribution < -0.4 is 5.32 Å². The van der Waals surface area contributed by atoms with Crippen LogP contribution in [0.2, 0.25) is 0 Å². The lowest BCUT2D eigenvalue weighted by Crippen LogP contribution is -2.36. The van der Waals surface area contributed by atoms with Crippen molar-refractivity contribution in [2.45, 2.75) is 45.1 Å². The van der Waals surface area contributed by atoms with Gasteiger partial charge in [-0.1, -0.05) is 5.11 Å². The molecule has 1 fully saturated rings. The lowest BCUT2D eigenvalue weighted by molar-refractivity contribution is -0.124. The first-order valence-electron chi connectivity index (χ1n) is 6.65. The zero-order chi connectivity index (χ0) is 13.2. The van der Waals surface area contributed by atoms with Crippen LogP contribution >= 0.6 is 0 Å². The first kappa shape index (κ1) is 14.8. The summed E-state index contributed by atoms with van der Waals surface area (Å²) in [6.45, 7) is 3.93. The van der Waals surface area contributed by atoms with E-state index in [4.69, 9.17) is 10.3 Å². The highest BCUT2D eigenvalue weighted by molar-refractivity contribution is 5.76. The first-order chi connectivity index (χ1) is 8.76. The van der Waals surface area contributed by atoms with Crippen LogP contribution in [0, 0.1) is 5.92 Å². The minimum absolute atomic E-state index is 0.124. The Morgan fingerprint density at radius 3 is 2.94 bits per heavy atom. The molecule has 1 rings (SSSR count). The number of nitrogens with one attached hydrogen (secondary N) is 1. The molecule has 0 aromatic rings. The molecular weight excluding hydrogens is 232 g/mol. The molecule has 0 aromatic carbocycles. The SMILES string of the molecule is CCOC1CC(CC(=O)NCCCCN=[N+]=[N-])C1. The van der Waals surface area contributed by atoms with E-state index in [2.05, 4.69) is 15.3 Å². The van der Waals surface area contributed by atoms with Crippen molar-refractivity contribution in [2.75, 3.05) is 19.7 Å². The van der Waals surface area contributed by atoms with Gasteiger partial charge in [-0.3, -0.25) is 4.79 Å². The van der Waals surface area contributed by atoms with Crippen molar-refractivity contribution in [3.63, 3.8) is 0 Å². The number of hydrogen-bond acceptors (Lipinski definition) is 3. The molecule has 0 bridgehead atoms. The molecule has 1 aliphatic carbocycles. The van der Waals surface area contributed by atoms with Crippen LogP contribution in [-0.2, 0) is 9.53 Å². The zero-order valence-corrected chi connectivity index (χ0v) is 11.0. The van der Waals surface area contributed by atoms with Crippen LogP contribution in [0.3, 0.4) is 0 Å². The minimum Gasteiger partial charge on any atom is -0.378 e. The number of nitrogens with zero attached hydrogens (tertiary/aromatic N) is 3.